The van der Waals surface area contributed by atoms with Crippen LogP contribution < -0.4 is 10.6 Å². The second kappa shape index (κ2) is 8.67. The number of anilines is 3. The van der Waals surface area contributed by atoms with Crippen LogP contribution in [-0.2, 0) is 4.74 Å². The zero-order chi connectivity index (χ0) is 19.2. The van der Waals surface area contributed by atoms with E-state index < -0.39 is 0 Å². The molecule has 3 heterocycles. The third kappa shape index (κ3) is 4.95. The average molecular weight is 376 g/mol. The fraction of sp³-hybridized carbons (Fsp3) is 0.286. The standard InChI is InChI=1S/C21H24N6O/c1-15-12-21(27-26-15)25-20-13-19(22-14-17-8-5-11-28-17)23-18(24-20)10-9-16-6-3-2-4-7-16/h2-4,6-7,9-10,12-13,17H,5,8,11,14H2,1H3,(H3,22,23,24,25,26,27). The molecular formula is C21H24N6O. The van der Waals surface area contributed by atoms with Gasteiger partial charge in [0.2, 0.25) is 0 Å². The van der Waals surface area contributed by atoms with E-state index in [0.717, 1.165) is 48.9 Å². The topological polar surface area (TPSA) is 87.8 Å². The summed E-state index contributed by atoms with van der Waals surface area (Å²) in [6.07, 6.45) is 6.35. The van der Waals surface area contributed by atoms with Crippen LogP contribution in [-0.4, -0.2) is 39.4 Å². The molecule has 0 saturated carbocycles. The van der Waals surface area contributed by atoms with Gasteiger partial charge in [0.15, 0.2) is 11.6 Å². The maximum Gasteiger partial charge on any atom is 0.156 e. The molecule has 3 N–H and O–H groups in total. The first-order valence-electron chi connectivity index (χ1n) is 9.51. The Morgan fingerprint density at radius 3 is 2.71 bits per heavy atom. The Morgan fingerprint density at radius 1 is 1.11 bits per heavy atom. The van der Waals surface area contributed by atoms with Gasteiger partial charge in [-0.1, -0.05) is 36.4 Å². The van der Waals surface area contributed by atoms with Crippen LogP contribution in [0.5, 0.6) is 0 Å². The summed E-state index contributed by atoms with van der Waals surface area (Å²) in [6.45, 7) is 3.53. The van der Waals surface area contributed by atoms with E-state index in [2.05, 4.69) is 30.8 Å². The molecule has 1 saturated heterocycles. The first-order chi connectivity index (χ1) is 13.7. The number of nitrogens with zero attached hydrogens (tertiary/aromatic N) is 3. The minimum absolute atomic E-state index is 0.240. The van der Waals surface area contributed by atoms with Gasteiger partial charge in [0, 0.05) is 31.0 Å². The first-order valence-corrected chi connectivity index (χ1v) is 9.51. The van der Waals surface area contributed by atoms with Crippen molar-refractivity contribution in [1.82, 2.24) is 20.2 Å². The molecular weight excluding hydrogens is 352 g/mol. The number of hydrogen-bond acceptors (Lipinski definition) is 6. The molecule has 7 heteroatoms. The van der Waals surface area contributed by atoms with E-state index in [0.29, 0.717) is 11.6 Å². The molecule has 144 valence electrons. The summed E-state index contributed by atoms with van der Waals surface area (Å²) < 4.78 is 5.69. The van der Waals surface area contributed by atoms with Gasteiger partial charge in [0.05, 0.1) is 6.10 Å². The molecule has 3 aromatic rings. The Morgan fingerprint density at radius 2 is 1.96 bits per heavy atom. The monoisotopic (exact) mass is 376 g/mol. The molecule has 0 aliphatic carbocycles. The number of ether oxygens (including phenoxy) is 1. The van der Waals surface area contributed by atoms with Crippen LogP contribution in [0.1, 0.15) is 29.9 Å². The smallest absolute Gasteiger partial charge is 0.156 e. The lowest BCUT2D eigenvalue weighted by molar-refractivity contribution is 0.120. The second-order valence-corrected chi connectivity index (χ2v) is 6.82. The highest BCUT2D eigenvalue weighted by Crippen LogP contribution is 2.19. The lowest BCUT2D eigenvalue weighted by atomic mass is 10.2. The number of aromatic nitrogens is 4. The average Bonchev–Trinajstić information content (AvgIpc) is 3.37. The maximum atomic E-state index is 5.69. The molecule has 0 radical (unpaired) electrons. The highest BCUT2D eigenvalue weighted by atomic mass is 16.5. The molecule has 7 nitrogen and oxygen atoms in total. The predicted octanol–water partition coefficient (Wildman–Crippen LogP) is 4.01. The van der Waals surface area contributed by atoms with Gasteiger partial charge in [0.25, 0.3) is 0 Å². The molecule has 1 aliphatic rings. The Kier molecular flexibility index (Phi) is 5.63. The van der Waals surface area contributed by atoms with E-state index in [-0.39, 0.29) is 6.10 Å². The zero-order valence-electron chi connectivity index (χ0n) is 15.9. The normalized spacial score (nSPS) is 16.5. The minimum atomic E-state index is 0.240. The van der Waals surface area contributed by atoms with Crippen LogP contribution >= 0.6 is 0 Å². The summed E-state index contributed by atoms with van der Waals surface area (Å²) in [7, 11) is 0. The Balaban J connectivity index is 1.55. The van der Waals surface area contributed by atoms with Crippen molar-refractivity contribution in [2.75, 3.05) is 23.8 Å². The number of aromatic amines is 1. The largest absolute Gasteiger partial charge is 0.376 e. The third-order valence-corrected chi connectivity index (χ3v) is 4.46. The van der Waals surface area contributed by atoms with Crippen molar-refractivity contribution in [3.05, 3.63) is 59.5 Å². The number of H-pyrrole nitrogens is 1. The van der Waals surface area contributed by atoms with Crippen molar-refractivity contribution in [2.45, 2.75) is 25.9 Å². The molecule has 2 aromatic heterocycles. The van der Waals surface area contributed by atoms with E-state index in [4.69, 9.17) is 4.74 Å². The van der Waals surface area contributed by atoms with Gasteiger partial charge in [-0.3, -0.25) is 5.10 Å². The number of aryl methyl sites for hydroxylation is 1. The van der Waals surface area contributed by atoms with E-state index in [1.54, 1.807) is 0 Å². The highest BCUT2D eigenvalue weighted by Gasteiger charge is 2.15. The Hall–Kier alpha value is -3.19. The van der Waals surface area contributed by atoms with Crippen LogP contribution in [0, 0.1) is 6.92 Å². The molecule has 1 aliphatic heterocycles. The lowest BCUT2D eigenvalue weighted by Gasteiger charge is -2.12. The highest BCUT2D eigenvalue weighted by molar-refractivity contribution is 5.68. The molecule has 1 aromatic carbocycles. The van der Waals surface area contributed by atoms with Gasteiger partial charge >= 0.3 is 0 Å². The van der Waals surface area contributed by atoms with E-state index in [9.17, 15) is 0 Å². The number of hydrogen-bond donors (Lipinski definition) is 3. The molecule has 0 amide bonds. The van der Waals surface area contributed by atoms with Crippen molar-refractivity contribution >= 4 is 29.6 Å². The SMILES string of the molecule is Cc1cc(Nc2cc(NCC3CCCO3)nc(C=Cc3ccccc3)n2)n[nH]1. The van der Waals surface area contributed by atoms with E-state index >= 15 is 0 Å². The second-order valence-electron chi connectivity index (χ2n) is 6.82. The fourth-order valence-corrected chi connectivity index (χ4v) is 3.07. The van der Waals surface area contributed by atoms with Crippen LogP contribution in [0.4, 0.5) is 17.5 Å². The summed E-state index contributed by atoms with van der Waals surface area (Å²) in [4.78, 5) is 9.22. The van der Waals surface area contributed by atoms with Crippen LogP contribution in [0.15, 0.2) is 42.5 Å². The van der Waals surface area contributed by atoms with Crippen molar-refractivity contribution in [3.63, 3.8) is 0 Å². The van der Waals surface area contributed by atoms with E-state index in [1.165, 1.54) is 0 Å². The number of rotatable bonds is 7. The number of nitrogens with one attached hydrogen (secondary N) is 3. The van der Waals surface area contributed by atoms with Crippen LogP contribution in [0.2, 0.25) is 0 Å². The van der Waals surface area contributed by atoms with Crippen molar-refractivity contribution < 1.29 is 4.74 Å². The molecule has 0 bridgehead atoms. The molecule has 4 rings (SSSR count). The van der Waals surface area contributed by atoms with Gasteiger partial charge in [0.1, 0.15) is 11.6 Å². The van der Waals surface area contributed by atoms with Gasteiger partial charge in [-0.2, -0.15) is 5.10 Å². The molecule has 1 atom stereocenters. The van der Waals surface area contributed by atoms with Crippen LogP contribution in [0.3, 0.4) is 0 Å². The van der Waals surface area contributed by atoms with Crippen LogP contribution in [0.25, 0.3) is 12.2 Å². The molecule has 1 fully saturated rings. The molecule has 1 unspecified atom stereocenters. The van der Waals surface area contributed by atoms with Crippen molar-refractivity contribution in [2.24, 2.45) is 0 Å². The number of benzene rings is 1. The van der Waals surface area contributed by atoms with Crippen molar-refractivity contribution in [3.8, 4) is 0 Å². The Bertz CT molecular complexity index is 931. The maximum absolute atomic E-state index is 5.69. The summed E-state index contributed by atoms with van der Waals surface area (Å²) in [6, 6.07) is 13.9. The summed E-state index contributed by atoms with van der Waals surface area (Å²) in [5.74, 6) is 2.78. The molecule has 28 heavy (non-hydrogen) atoms. The van der Waals surface area contributed by atoms with Crippen molar-refractivity contribution in [1.29, 1.82) is 0 Å². The van der Waals surface area contributed by atoms with Gasteiger partial charge in [-0.25, -0.2) is 9.97 Å². The summed E-state index contributed by atoms with van der Waals surface area (Å²) >= 11 is 0. The lowest BCUT2D eigenvalue weighted by Crippen LogP contribution is -2.19. The summed E-state index contributed by atoms with van der Waals surface area (Å²) in [5, 5.41) is 13.8. The quantitative estimate of drug-likeness (QED) is 0.577. The minimum Gasteiger partial charge on any atom is -0.376 e. The zero-order valence-corrected chi connectivity index (χ0v) is 15.9. The fourth-order valence-electron chi connectivity index (χ4n) is 3.07. The summed E-state index contributed by atoms with van der Waals surface area (Å²) in [5.41, 5.74) is 2.08. The Labute approximate surface area is 164 Å². The first kappa shape index (κ1) is 18.2. The predicted molar refractivity (Wildman–Crippen MR) is 111 cm³/mol. The third-order valence-electron chi connectivity index (χ3n) is 4.46. The van der Waals surface area contributed by atoms with Gasteiger partial charge in [-0.15, -0.1) is 0 Å². The van der Waals surface area contributed by atoms with Gasteiger partial charge in [-0.05, 0) is 31.4 Å². The molecule has 0 spiro atoms. The van der Waals surface area contributed by atoms with E-state index in [1.807, 2.05) is 61.5 Å². The van der Waals surface area contributed by atoms with Gasteiger partial charge < -0.3 is 15.4 Å².